The fraction of sp³-hybridized carbons (Fsp3) is 0.750. The number of H-pyrrole nitrogens is 1. The average molecular weight is 153 g/mol. The molecule has 0 saturated carbocycles. The molecular formula is C8H15N3. The molecule has 1 N–H and O–H groups in total. The van der Waals surface area contributed by atoms with Gasteiger partial charge in [-0.2, -0.15) is 0 Å². The molecule has 0 aromatic carbocycles. The minimum atomic E-state index is 0.250. The molecule has 1 heterocycles. The Kier molecular flexibility index (Phi) is 1.98. The van der Waals surface area contributed by atoms with Gasteiger partial charge in [0.1, 0.15) is 12.2 Å². The van der Waals surface area contributed by atoms with Crippen molar-refractivity contribution in [2.24, 2.45) is 5.41 Å². The molecule has 0 radical (unpaired) electrons. The Bertz CT molecular complexity index is 208. The van der Waals surface area contributed by atoms with Crippen molar-refractivity contribution >= 4 is 0 Å². The second kappa shape index (κ2) is 2.64. The van der Waals surface area contributed by atoms with Crippen molar-refractivity contribution in [1.82, 2.24) is 15.2 Å². The predicted molar refractivity (Wildman–Crippen MR) is 44.3 cm³/mol. The maximum Gasteiger partial charge on any atom is 0.133 e. The van der Waals surface area contributed by atoms with Crippen LogP contribution in [-0.4, -0.2) is 15.2 Å². The zero-order valence-electron chi connectivity index (χ0n) is 7.55. The second-order valence-electron chi connectivity index (χ2n) is 3.96. The van der Waals surface area contributed by atoms with E-state index in [9.17, 15) is 0 Å². The van der Waals surface area contributed by atoms with Crippen LogP contribution in [0.2, 0.25) is 0 Å². The molecule has 3 nitrogen and oxygen atoms in total. The Balaban J connectivity index is 2.78. The molecule has 1 rings (SSSR count). The van der Waals surface area contributed by atoms with Gasteiger partial charge in [-0.25, -0.2) is 0 Å². The Morgan fingerprint density at radius 2 is 2.09 bits per heavy atom. The van der Waals surface area contributed by atoms with Crippen LogP contribution in [-0.2, 0) is 0 Å². The minimum absolute atomic E-state index is 0.250. The van der Waals surface area contributed by atoms with Crippen LogP contribution in [0, 0.1) is 5.41 Å². The lowest BCUT2D eigenvalue weighted by Crippen LogP contribution is -2.16. The lowest BCUT2D eigenvalue weighted by Gasteiger charge is -2.24. The number of hydrogen-bond donors (Lipinski definition) is 1. The molecule has 3 heteroatoms. The van der Waals surface area contributed by atoms with Crippen molar-refractivity contribution in [2.45, 2.75) is 33.6 Å². The van der Waals surface area contributed by atoms with Crippen LogP contribution >= 0.6 is 0 Å². The highest BCUT2D eigenvalue weighted by atomic mass is 15.2. The third-order valence-electron chi connectivity index (χ3n) is 2.14. The molecule has 1 aromatic rings. The van der Waals surface area contributed by atoms with Crippen molar-refractivity contribution in [2.75, 3.05) is 0 Å². The molecule has 0 bridgehead atoms. The van der Waals surface area contributed by atoms with E-state index in [1.165, 1.54) is 0 Å². The van der Waals surface area contributed by atoms with Crippen molar-refractivity contribution < 1.29 is 0 Å². The summed E-state index contributed by atoms with van der Waals surface area (Å²) in [6.07, 6.45) is 1.62. The van der Waals surface area contributed by atoms with Crippen molar-refractivity contribution in [3.05, 3.63) is 12.2 Å². The number of aromatic amines is 1. The summed E-state index contributed by atoms with van der Waals surface area (Å²) in [5.74, 6) is 1.39. The van der Waals surface area contributed by atoms with Gasteiger partial charge in [-0.1, -0.05) is 27.7 Å². The number of aromatic nitrogens is 3. The van der Waals surface area contributed by atoms with E-state index in [1.54, 1.807) is 6.33 Å². The number of hydrogen-bond acceptors (Lipinski definition) is 2. The van der Waals surface area contributed by atoms with Crippen molar-refractivity contribution in [3.8, 4) is 0 Å². The number of nitrogens with one attached hydrogen (secondary N) is 1. The summed E-state index contributed by atoms with van der Waals surface area (Å²) < 4.78 is 0. The molecule has 0 saturated heterocycles. The van der Waals surface area contributed by atoms with Gasteiger partial charge in [0.25, 0.3) is 0 Å². The van der Waals surface area contributed by atoms with Crippen LogP contribution < -0.4 is 0 Å². The molecule has 1 atom stereocenters. The first-order valence-electron chi connectivity index (χ1n) is 3.88. The van der Waals surface area contributed by atoms with Crippen LogP contribution in [0.4, 0.5) is 0 Å². The molecule has 0 fully saturated rings. The normalized spacial score (nSPS) is 14.9. The highest BCUT2D eigenvalue weighted by Gasteiger charge is 2.23. The zero-order valence-corrected chi connectivity index (χ0v) is 7.55. The first-order chi connectivity index (χ1) is 5.02. The van der Waals surface area contributed by atoms with Gasteiger partial charge in [0, 0.05) is 5.92 Å². The van der Waals surface area contributed by atoms with Crippen LogP contribution in [0.1, 0.15) is 39.4 Å². The van der Waals surface area contributed by atoms with Gasteiger partial charge < -0.3 is 4.98 Å². The lowest BCUT2D eigenvalue weighted by molar-refractivity contribution is 0.328. The highest BCUT2D eigenvalue weighted by Crippen LogP contribution is 2.31. The van der Waals surface area contributed by atoms with Gasteiger partial charge in [0.15, 0.2) is 0 Å². The summed E-state index contributed by atoms with van der Waals surface area (Å²) in [5.41, 5.74) is 0.250. The number of nitrogens with zero attached hydrogens (tertiary/aromatic N) is 2. The van der Waals surface area contributed by atoms with Crippen LogP contribution in [0.15, 0.2) is 6.33 Å². The van der Waals surface area contributed by atoms with E-state index in [1.807, 2.05) is 0 Å². The Morgan fingerprint density at radius 1 is 1.45 bits per heavy atom. The van der Waals surface area contributed by atoms with Crippen LogP contribution in [0.5, 0.6) is 0 Å². The largest absolute Gasteiger partial charge is 0.331 e. The monoisotopic (exact) mass is 153 g/mol. The molecule has 62 valence electrons. The first kappa shape index (κ1) is 8.24. The van der Waals surface area contributed by atoms with E-state index in [-0.39, 0.29) is 5.41 Å². The van der Waals surface area contributed by atoms with Crippen LogP contribution in [0.25, 0.3) is 0 Å². The van der Waals surface area contributed by atoms with E-state index in [0.29, 0.717) is 5.92 Å². The fourth-order valence-electron chi connectivity index (χ4n) is 0.837. The summed E-state index contributed by atoms with van der Waals surface area (Å²) in [6, 6.07) is 0. The lowest BCUT2D eigenvalue weighted by atomic mass is 9.82. The summed E-state index contributed by atoms with van der Waals surface area (Å²) >= 11 is 0. The van der Waals surface area contributed by atoms with Gasteiger partial charge in [0.2, 0.25) is 0 Å². The summed E-state index contributed by atoms with van der Waals surface area (Å²) in [6.45, 7) is 8.74. The third kappa shape index (κ3) is 1.79. The van der Waals surface area contributed by atoms with Crippen LogP contribution in [0.3, 0.4) is 0 Å². The first-order valence-corrected chi connectivity index (χ1v) is 3.88. The van der Waals surface area contributed by atoms with Gasteiger partial charge in [-0.15, -0.1) is 10.2 Å². The highest BCUT2D eigenvalue weighted by molar-refractivity contribution is 4.96. The van der Waals surface area contributed by atoms with E-state index < -0.39 is 0 Å². The maximum atomic E-state index is 3.98. The van der Waals surface area contributed by atoms with E-state index in [0.717, 1.165) is 5.82 Å². The summed E-state index contributed by atoms with van der Waals surface area (Å²) in [4.78, 5) is 3.02. The maximum absolute atomic E-state index is 3.98. The molecule has 0 unspecified atom stereocenters. The SMILES string of the molecule is C[C@@H](c1nnc[nH]1)C(C)(C)C. The van der Waals surface area contributed by atoms with Gasteiger partial charge in [0.05, 0.1) is 0 Å². The molecule has 1 aromatic heterocycles. The topological polar surface area (TPSA) is 41.6 Å². The molecule has 0 aliphatic rings. The average Bonchev–Trinajstić information content (AvgIpc) is 2.34. The molecule has 0 spiro atoms. The second-order valence-corrected chi connectivity index (χ2v) is 3.96. The molecular weight excluding hydrogens is 138 g/mol. The van der Waals surface area contributed by atoms with E-state index in [2.05, 4.69) is 42.9 Å². The summed E-state index contributed by atoms with van der Waals surface area (Å²) in [7, 11) is 0. The minimum Gasteiger partial charge on any atom is -0.331 e. The molecule has 0 aliphatic carbocycles. The standard InChI is InChI=1S/C8H15N3/c1-6(8(2,3)4)7-9-5-10-11-7/h5-6H,1-4H3,(H,9,10,11)/t6-/m0/s1. The quantitative estimate of drug-likeness (QED) is 0.670. The van der Waals surface area contributed by atoms with Gasteiger partial charge in [-0.05, 0) is 5.41 Å². The van der Waals surface area contributed by atoms with Gasteiger partial charge >= 0.3 is 0 Å². The molecule has 0 aliphatic heterocycles. The Morgan fingerprint density at radius 3 is 2.45 bits per heavy atom. The van der Waals surface area contributed by atoms with E-state index >= 15 is 0 Å². The van der Waals surface area contributed by atoms with Gasteiger partial charge in [-0.3, -0.25) is 0 Å². The van der Waals surface area contributed by atoms with E-state index in [4.69, 9.17) is 0 Å². The predicted octanol–water partition coefficient (Wildman–Crippen LogP) is 1.95. The third-order valence-corrected chi connectivity index (χ3v) is 2.14. The summed E-state index contributed by atoms with van der Waals surface area (Å²) in [5, 5.41) is 7.73. The zero-order chi connectivity index (χ0) is 8.48. The van der Waals surface area contributed by atoms with Crippen molar-refractivity contribution in [1.29, 1.82) is 0 Å². The molecule has 0 amide bonds. The Hall–Kier alpha value is -0.860. The fourth-order valence-corrected chi connectivity index (χ4v) is 0.837. The van der Waals surface area contributed by atoms with Crippen molar-refractivity contribution in [3.63, 3.8) is 0 Å². The smallest absolute Gasteiger partial charge is 0.133 e. The number of rotatable bonds is 1. The Labute approximate surface area is 67.2 Å². The molecule has 11 heavy (non-hydrogen) atoms.